The van der Waals surface area contributed by atoms with Gasteiger partial charge in [0.2, 0.25) is 11.8 Å². The molecule has 0 N–H and O–H groups in total. The summed E-state index contributed by atoms with van der Waals surface area (Å²) in [7, 11) is 1.10. The van der Waals surface area contributed by atoms with Crippen LogP contribution in [-0.2, 0) is 23.9 Å². The molecular weight excluding hydrogens is 337 g/mol. The van der Waals surface area contributed by atoms with Crippen LogP contribution in [0.4, 0.5) is 0 Å². The summed E-state index contributed by atoms with van der Waals surface area (Å²) in [6.07, 6.45) is 6.98. The molecule has 2 amide bonds. The number of imide groups is 1. The van der Waals surface area contributed by atoms with E-state index < -0.39 is 36.2 Å². The number of ether oxygens (including phenoxy) is 1. The normalized spacial score (nSPS) is 11.8. The summed E-state index contributed by atoms with van der Waals surface area (Å²) in [5, 5.41) is 11.4. The van der Waals surface area contributed by atoms with Crippen molar-refractivity contribution in [2.45, 2.75) is 52.0 Å². The number of allylic oxidation sites excluding steroid dienone is 4. The Bertz CT molecular complexity index is 487. The van der Waals surface area contributed by atoms with Crippen LogP contribution in [0.15, 0.2) is 24.3 Å². The van der Waals surface area contributed by atoms with Crippen LogP contribution in [0.1, 0.15) is 46.0 Å². The van der Waals surface area contributed by atoms with Gasteiger partial charge in [-0.15, -0.1) is 0 Å². The minimum absolute atomic E-state index is 0. The first-order valence-corrected chi connectivity index (χ1v) is 7.73. The van der Waals surface area contributed by atoms with Crippen molar-refractivity contribution in [3.8, 4) is 0 Å². The molecular formula is C17H24NNaO6. The molecule has 0 spiro atoms. The first kappa shape index (κ1) is 25.8. The first-order chi connectivity index (χ1) is 11.4. The van der Waals surface area contributed by atoms with Crippen molar-refractivity contribution in [2.24, 2.45) is 0 Å². The van der Waals surface area contributed by atoms with E-state index in [9.17, 15) is 24.3 Å². The molecule has 0 rings (SSSR count). The zero-order chi connectivity index (χ0) is 18.5. The van der Waals surface area contributed by atoms with Crippen LogP contribution in [0.2, 0.25) is 0 Å². The molecule has 0 bridgehead atoms. The third-order valence-electron chi connectivity index (χ3n) is 3.23. The molecule has 0 fully saturated rings. The van der Waals surface area contributed by atoms with Crippen molar-refractivity contribution in [2.75, 3.05) is 7.11 Å². The number of rotatable bonds is 10. The Hall–Kier alpha value is -1.44. The minimum Gasteiger partial charge on any atom is -0.548 e. The van der Waals surface area contributed by atoms with Gasteiger partial charge in [-0.05, 0) is 26.7 Å². The fraction of sp³-hybridized carbons (Fsp3) is 0.529. The molecule has 1 unspecified atom stereocenters. The van der Waals surface area contributed by atoms with Crippen LogP contribution in [0, 0.1) is 0 Å². The van der Waals surface area contributed by atoms with Gasteiger partial charge in [0.05, 0.1) is 25.5 Å². The van der Waals surface area contributed by atoms with Gasteiger partial charge in [0.1, 0.15) is 0 Å². The van der Waals surface area contributed by atoms with E-state index in [0.29, 0.717) is 17.7 Å². The van der Waals surface area contributed by atoms with Crippen molar-refractivity contribution in [3.05, 3.63) is 24.3 Å². The second-order valence-electron chi connectivity index (χ2n) is 4.99. The van der Waals surface area contributed by atoms with Crippen molar-refractivity contribution in [1.29, 1.82) is 0 Å². The summed E-state index contributed by atoms with van der Waals surface area (Å²) >= 11 is 0. The number of carboxylic acid groups (broad SMARTS) is 1. The standard InChI is InChI=1S/C17H25NO6.Na/c1-4-6-8-10-14(19)18(15(20)11-9-7-5-2)13(17(22)23)12-16(21)24-3;/h4-7,13H,8-12H2,1-3H3,(H,22,23);/q;+1/p-1/b6-4+,7-5+;. The molecule has 0 aliphatic heterocycles. The predicted molar refractivity (Wildman–Crippen MR) is 85.4 cm³/mol. The van der Waals surface area contributed by atoms with Crippen LogP contribution < -0.4 is 34.7 Å². The van der Waals surface area contributed by atoms with Crippen LogP contribution in [-0.4, -0.2) is 41.8 Å². The summed E-state index contributed by atoms with van der Waals surface area (Å²) in [5.74, 6) is -3.82. The molecule has 0 aliphatic carbocycles. The molecule has 0 aromatic rings. The molecule has 0 saturated heterocycles. The number of aliphatic carboxylic acids is 1. The van der Waals surface area contributed by atoms with Crippen molar-refractivity contribution < 1.29 is 58.6 Å². The number of esters is 1. The number of carboxylic acids is 1. The predicted octanol–water partition coefficient (Wildman–Crippen LogP) is -2.26. The number of nitrogens with zero attached hydrogens (tertiary/aromatic N) is 1. The maximum Gasteiger partial charge on any atom is 1.00 e. The molecule has 134 valence electrons. The zero-order valence-electron chi connectivity index (χ0n) is 15.3. The van der Waals surface area contributed by atoms with E-state index in [0.717, 1.165) is 7.11 Å². The van der Waals surface area contributed by atoms with E-state index in [2.05, 4.69) is 4.74 Å². The van der Waals surface area contributed by atoms with Gasteiger partial charge in [0.25, 0.3) is 0 Å². The van der Waals surface area contributed by atoms with Crippen LogP contribution in [0.25, 0.3) is 0 Å². The first-order valence-electron chi connectivity index (χ1n) is 7.73. The monoisotopic (exact) mass is 361 g/mol. The maximum absolute atomic E-state index is 12.3. The van der Waals surface area contributed by atoms with Crippen LogP contribution in [0.3, 0.4) is 0 Å². The maximum atomic E-state index is 12.3. The largest absolute Gasteiger partial charge is 1.00 e. The number of hydrogen-bond donors (Lipinski definition) is 0. The van der Waals surface area contributed by atoms with Gasteiger partial charge in [-0.2, -0.15) is 0 Å². The summed E-state index contributed by atoms with van der Waals surface area (Å²) in [6.45, 7) is 3.57. The Labute approximate surface area is 170 Å². The number of hydrogen-bond acceptors (Lipinski definition) is 6. The van der Waals surface area contributed by atoms with Gasteiger partial charge < -0.3 is 14.6 Å². The van der Waals surface area contributed by atoms with Crippen LogP contribution in [0.5, 0.6) is 0 Å². The minimum atomic E-state index is -1.67. The molecule has 0 heterocycles. The molecule has 25 heavy (non-hydrogen) atoms. The molecule has 0 radical (unpaired) electrons. The van der Waals surface area contributed by atoms with Crippen molar-refractivity contribution in [3.63, 3.8) is 0 Å². The summed E-state index contributed by atoms with van der Waals surface area (Å²) < 4.78 is 4.44. The Morgan fingerprint density at radius 2 is 1.44 bits per heavy atom. The zero-order valence-corrected chi connectivity index (χ0v) is 17.3. The van der Waals surface area contributed by atoms with E-state index >= 15 is 0 Å². The molecule has 0 aromatic carbocycles. The van der Waals surface area contributed by atoms with Gasteiger partial charge in [-0.1, -0.05) is 24.3 Å². The summed E-state index contributed by atoms with van der Waals surface area (Å²) in [6, 6.07) is -1.67. The van der Waals surface area contributed by atoms with Gasteiger partial charge in [-0.25, -0.2) is 0 Å². The van der Waals surface area contributed by atoms with E-state index in [4.69, 9.17) is 0 Å². The van der Waals surface area contributed by atoms with E-state index in [-0.39, 0.29) is 42.4 Å². The second-order valence-corrected chi connectivity index (χ2v) is 4.99. The third-order valence-corrected chi connectivity index (χ3v) is 3.23. The topological polar surface area (TPSA) is 104 Å². The molecule has 0 aromatic heterocycles. The second kappa shape index (κ2) is 14.9. The number of carbonyl (C=O) groups excluding carboxylic acids is 4. The fourth-order valence-electron chi connectivity index (χ4n) is 2.00. The number of carbonyl (C=O) groups is 4. The van der Waals surface area contributed by atoms with E-state index in [1.54, 1.807) is 38.2 Å². The quantitative estimate of drug-likeness (QED) is 0.247. The molecule has 0 aliphatic rings. The van der Waals surface area contributed by atoms with Gasteiger partial charge in [0, 0.05) is 12.8 Å². The SMILES string of the molecule is C/C=C/CCC(=O)N(C(=O)CC/C=C/C)C(CC(=O)OC)C(=O)[O-].[Na+]. The smallest absolute Gasteiger partial charge is 0.548 e. The van der Waals surface area contributed by atoms with Crippen molar-refractivity contribution >= 4 is 23.8 Å². The molecule has 7 nitrogen and oxygen atoms in total. The van der Waals surface area contributed by atoms with Gasteiger partial charge in [-0.3, -0.25) is 19.3 Å². The average molecular weight is 361 g/mol. The molecule has 0 saturated carbocycles. The summed E-state index contributed by atoms with van der Waals surface area (Å²) in [4.78, 5) is 48.0. The van der Waals surface area contributed by atoms with E-state index in [1.165, 1.54) is 0 Å². The number of amides is 2. The number of methoxy groups -OCH3 is 1. The summed E-state index contributed by atoms with van der Waals surface area (Å²) in [5.41, 5.74) is 0. The average Bonchev–Trinajstić information content (AvgIpc) is 2.54. The van der Waals surface area contributed by atoms with Gasteiger partial charge in [0.15, 0.2) is 0 Å². The van der Waals surface area contributed by atoms with Gasteiger partial charge >= 0.3 is 35.5 Å². The van der Waals surface area contributed by atoms with Crippen molar-refractivity contribution in [1.82, 2.24) is 4.90 Å². The van der Waals surface area contributed by atoms with E-state index in [1.807, 2.05) is 0 Å². The molecule has 1 atom stereocenters. The fourth-order valence-corrected chi connectivity index (χ4v) is 2.00. The Morgan fingerprint density at radius 3 is 1.76 bits per heavy atom. The molecule has 8 heteroatoms. The van der Waals surface area contributed by atoms with Crippen LogP contribution >= 0.6 is 0 Å². The Balaban J connectivity index is 0. The Kier molecular flexibility index (Phi) is 15.3. The third kappa shape index (κ3) is 10.2. The Morgan fingerprint density at radius 1 is 1.00 bits per heavy atom.